The van der Waals surface area contributed by atoms with Crippen LogP contribution in [-0.4, -0.2) is 14.2 Å². The second kappa shape index (κ2) is 6.92. The summed E-state index contributed by atoms with van der Waals surface area (Å²) in [6, 6.07) is 9.57. The molecule has 0 bridgehead atoms. The van der Waals surface area contributed by atoms with Gasteiger partial charge in [-0.2, -0.15) is 0 Å². The van der Waals surface area contributed by atoms with E-state index in [2.05, 4.69) is 5.32 Å². The lowest BCUT2D eigenvalue weighted by Gasteiger charge is -2.14. The van der Waals surface area contributed by atoms with E-state index >= 15 is 0 Å². The van der Waals surface area contributed by atoms with Gasteiger partial charge in [0.05, 0.1) is 30.0 Å². The summed E-state index contributed by atoms with van der Waals surface area (Å²) in [7, 11) is 3.15. The molecule has 0 unspecified atom stereocenters. The topological polar surface area (TPSA) is 30.5 Å². The van der Waals surface area contributed by atoms with Crippen LogP contribution in [0.2, 0.25) is 10.0 Å². The van der Waals surface area contributed by atoms with Crippen molar-refractivity contribution in [2.24, 2.45) is 0 Å². The number of methoxy groups -OCH3 is 2. The lowest BCUT2D eigenvalue weighted by molar-refractivity contribution is 0.355. The Balaban J connectivity index is 2.22. The van der Waals surface area contributed by atoms with Crippen LogP contribution in [0.25, 0.3) is 0 Å². The summed E-state index contributed by atoms with van der Waals surface area (Å²) in [6.45, 7) is 2.56. The minimum Gasteiger partial charge on any atom is -0.493 e. The molecule has 112 valence electrons. The van der Waals surface area contributed by atoms with Gasteiger partial charge in [0.1, 0.15) is 0 Å². The van der Waals surface area contributed by atoms with E-state index in [4.69, 9.17) is 32.7 Å². The summed E-state index contributed by atoms with van der Waals surface area (Å²) in [5, 5.41) is 4.50. The van der Waals surface area contributed by atoms with E-state index in [-0.39, 0.29) is 0 Å². The lowest BCUT2D eigenvalue weighted by atomic mass is 10.1. The van der Waals surface area contributed by atoms with Gasteiger partial charge in [0, 0.05) is 6.54 Å². The molecule has 0 spiro atoms. The van der Waals surface area contributed by atoms with Gasteiger partial charge in [-0.3, -0.25) is 0 Å². The molecule has 0 aliphatic rings. The molecular formula is C16H17Cl2NO2. The number of nitrogens with one attached hydrogen (secondary N) is 1. The van der Waals surface area contributed by atoms with E-state index in [9.17, 15) is 0 Å². The van der Waals surface area contributed by atoms with Gasteiger partial charge in [-0.1, -0.05) is 35.3 Å². The summed E-state index contributed by atoms with van der Waals surface area (Å²) >= 11 is 12.5. The zero-order valence-corrected chi connectivity index (χ0v) is 13.7. The number of rotatable bonds is 5. The molecule has 3 nitrogen and oxygen atoms in total. The van der Waals surface area contributed by atoms with Crippen LogP contribution >= 0.6 is 23.2 Å². The number of hydrogen-bond acceptors (Lipinski definition) is 3. The van der Waals surface area contributed by atoms with E-state index in [0.717, 1.165) is 16.8 Å². The van der Waals surface area contributed by atoms with Crippen LogP contribution in [-0.2, 0) is 6.54 Å². The monoisotopic (exact) mass is 325 g/mol. The molecule has 0 radical (unpaired) electrons. The molecule has 0 aromatic heterocycles. The summed E-state index contributed by atoms with van der Waals surface area (Å²) in [5.74, 6) is 1.15. The fourth-order valence-corrected chi connectivity index (χ4v) is 2.52. The second-order valence-electron chi connectivity index (χ2n) is 4.61. The molecule has 21 heavy (non-hydrogen) atoms. The predicted molar refractivity (Wildman–Crippen MR) is 88.1 cm³/mol. The third-order valence-electron chi connectivity index (χ3n) is 3.16. The standard InChI is InChI=1S/C16H17Cl2NO2/c1-10-4-6-12(17)13(8-10)19-9-11-5-7-14(20-2)16(21-3)15(11)18/h4-8,19H,9H2,1-3H3. The Bertz CT molecular complexity index is 644. The molecule has 2 rings (SSSR count). The van der Waals surface area contributed by atoms with E-state index < -0.39 is 0 Å². The summed E-state index contributed by atoms with van der Waals surface area (Å²) in [4.78, 5) is 0. The van der Waals surface area contributed by atoms with Gasteiger partial charge < -0.3 is 14.8 Å². The van der Waals surface area contributed by atoms with Gasteiger partial charge in [0.15, 0.2) is 11.5 Å². The maximum atomic E-state index is 6.35. The van der Waals surface area contributed by atoms with Crippen LogP contribution in [0, 0.1) is 6.92 Å². The van der Waals surface area contributed by atoms with Crippen LogP contribution < -0.4 is 14.8 Å². The molecule has 1 N–H and O–H groups in total. The average molecular weight is 326 g/mol. The summed E-state index contributed by atoms with van der Waals surface area (Å²) in [5.41, 5.74) is 2.93. The number of anilines is 1. The van der Waals surface area contributed by atoms with Crippen LogP contribution in [0.5, 0.6) is 11.5 Å². The van der Waals surface area contributed by atoms with Crippen molar-refractivity contribution in [2.45, 2.75) is 13.5 Å². The largest absolute Gasteiger partial charge is 0.493 e. The Labute approximate surface area is 134 Å². The van der Waals surface area contributed by atoms with Crippen molar-refractivity contribution in [1.82, 2.24) is 0 Å². The van der Waals surface area contributed by atoms with Gasteiger partial charge in [0.25, 0.3) is 0 Å². The van der Waals surface area contributed by atoms with E-state index in [1.165, 1.54) is 0 Å². The number of benzene rings is 2. The third-order valence-corrected chi connectivity index (χ3v) is 3.90. The first kappa shape index (κ1) is 15.8. The van der Waals surface area contributed by atoms with E-state index in [0.29, 0.717) is 28.1 Å². The van der Waals surface area contributed by atoms with Crippen molar-refractivity contribution < 1.29 is 9.47 Å². The highest BCUT2D eigenvalue weighted by molar-refractivity contribution is 6.33. The average Bonchev–Trinajstić information content (AvgIpc) is 2.48. The maximum absolute atomic E-state index is 6.35. The lowest BCUT2D eigenvalue weighted by Crippen LogP contribution is -2.02. The summed E-state index contributed by atoms with van der Waals surface area (Å²) < 4.78 is 10.5. The van der Waals surface area contributed by atoms with Crippen LogP contribution in [0.1, 0.15) is 11.1 Å². The minimum absolute atomic E-state index is 0.535. The smallest absolute Gasteiger partial charge is 0.179 e. The normalized spacial score (nSPS) is 10.3. The molecule has 0 heterocycles. The second-order valence-corrected chi connectivity index (χ2v) is 5.40. The Kier molecular flexibility index (Phi) is 5.21. The maximum Gasteiger partial charge on any atom is 0.179 e. The molecule has 0 amide bonds. The Morgan fingerprint density at radius 3 is 2.48 bits per heavy atom. The van der Waals surface area contributed by atoms with Gasteiger partial charge in [-0.15, -0.1) is 0 Å². The van der Waals surface area contributed by atoms with Crippen molar-refractivity contribution >= 4 is 28.9 Å². The first-order valence-electron chi connectivity index (χ1n) is 6.46. The molecule has 0 saturated heterocycles. The first-order chi connectivity index (χ1) is 10.1. The zero-order chi connectivity index (χ0) is 15.4. The minimum atomic E-state index is 0.535. The molecule has 2 aromatic rings. The van der Waals surface area contributed by atoms with Gasteiger partial charge in [-0.25, -0.2) is 0 Å². The molecule has 0 atom stereocenters. The predicted octanol–water partition coefficient (Wildman–Crippen LogP) is 4.93. The Morgan fingerprint density at radius 2 is 1.81 bits per heavy atom. The molecule has 0 fully saturated rings. The highest BCUT2D eigenvalue weighted by Gasteiger charge is 2.13. The van der Waals surface area contributed by atoms with E-state index in [1.54, 1.807) is 14.2 Å². The number of aryl methyl sites for hydroxylation is 1. The van der Waals surface area contributed by atoms with Gasteiger partial charge in [0.2, 0.25) is 0 Å². The van der Waals surface area contributed by atoms with Crippen molar-refractivity contribution in [1.29, 1.82) is 0 Å². The first-order valence-corrected chi connectivity index (χ1v) is 7.21. The summed E-state index contributed by atoms with van der Waals surface area (Å²) in [6.07, 6.45) is 0. The number of halogens is 2. The fourth-order valence-electron chi connectivity index (χ4n) is 2.03. The molecule has 5 heteroatoms. The number of hydrogen-bond donors (Lipinski definition) is 1. The van der Waals surface area contributed by atoms with Crippen molar-refractivity contribution in [3.63, 3.8) is 0 Å². The third kappa shape index (κ3) is 3.55. The molecule has 0 aliphatic heterocycles. The van der Waals surface area contributed by atoms with Gasteiger partial charge >= 0.3 is 0 Å². The SMILES string of the molecule is COc1ccc(CNc2cc(C)ccc2Cl)c(Cl)c1OC. The Morgan fingerprint density at radius 1 is 1.05 bits per heavy atom. The van der Waals surface area contributed by atoms with Crippen molar-refractivity contribution in [3.05, 3.63) is 51.5 Å². The van der Waals surface area contributed by atoms with Crippen LogP contribution in [0.3, 0.4) is 0 Å². The highest BCUT2D eigenvalue weighted by atomic mass is 35.5. The fraction of sp³-hybridized carbons (Fsp3) is 0.250. The zero-order valence-electron chi connectivity index (χ0n) is 12.2. The van der Waals surface area contributed by atoms with Crippen molar-refractivity contribution in [3.8, 4) is 11.5 Å². The molecule has 0 aliphatic carbocycles. The molecule has 2 aromatic carbocycles. The van der Waals surface area contributed by atoms with Crippen molar-refractivity contribution in [2.75, 3.05) is 19.5 Å². The molecular weight excluding hydrogens is 309 g/mol. The van der Waals surface area contributed by atoms with Crippen LogP contribution in [0.4, 0.5) is 5.69 Å². The highest BCUT2D eigenvalue weighted by Crippen LogP contribution is 2.37. The molecule has 0 saturated carbocycles. The number of ether oxygens (including phenoxy) is 2. The quantitative estimate of drug-likeness (QED) is 0.845. The van der Waals surface area contributed by atoms with Gasteiger partial charge in [-0.05, 0) is 36.2 Å². The van der Waals surface area contributed by atoms with Crippen LogP contribution in [0.15, 0.2) is 30.3 Å². The van der Waals surface area contributed by atoms with E-state index in [1.807, 2.05) is 37.3 Å². The Hall–Kier alpha value is -1.58.